The monoisotopic (exact) mass is 282 g/mol. The van der Waals surface area contributed by atoms with Crippen molar-refractivity contribution in [2.45, 2.75) is 11.9 Å². The first kappa shape index (κ1) is 12.9. The number of benzene rings is 1. The van der Waals surface area contributed by atoms with E-state index in [9.17, 15) is 4.79 Å². The SMILES string of the molecule is CSc1cc(=O)c2cnc(C)cc2n1-c1ccccc1. The summed E-state index contributed by atoms with van der Waals surface area (Å²) in [6.45, 7) is 1.94. The van der Waals surface area contributed by atoms with E-state index >= 15 is 0 Å². The Labute approximate surface area is 121 Å². The van der Waals surface area contributed by atoms with E-state index in [1.807, 2.05) is 49.6 Å². The number of rotatable bonds is 2. The van der Waals surface area contributed by atoms with Crippen molar-refractivity contribution in [3.8, 4) is 5.69 Å². The van der Waals surface area contributed by atoms with Crippen molar-refractivity contribution in [2.24, 2.45) is 0 Å². The molecule has 0 atom stereocenters. The smallest absolute Gasteiger partial charge is 0.192 e. The molecule has 0 saturated carbocycles. The van der Waals surface area contributed by atoms with E-state index in [2.05, 4.69) is 9.55 Å². The van der Waals surface area contributed by atoms with Gasteiger partial charge in [-0.25, -0.2) is 0 Å². The molecule has 20 heavy (non-hydrogen) atoms. The lowest BCUT2D eigenvalue weighted by Gasteiger charge is -2.15. The van der Waals surface area contributed by atoms with Gasteiger partial charge in [0.2, 0.25) is 0 Å². The number of nitrogens with zero attached hydrogens (tertiary/aromatic N) is 2. The molecule has 0 aliphatic carbocycles. The van der Waals surface area contributed by atoms with Gasteiger partial charge in [-0.1, -0.05) is 18.2 Å². The van der Waals surface area contributed by atoms with E-state index in [-0.39, 0.29) is 5.43 Å². The van der Waals surface area contributed by atoms with E-state index < -0.39 is 0 Å². The Morgan fingerprint density at radius 2 is 1.90 bits per heavy atom. The van der Waals surface area contributed by atoms with Gasteiger partial charge in [0.15, 0.2) is 5.43 Å². The third kappa shape index (κ3) is 2.12. The third-order valence-electron chi connectivity index (χ3n) is 3.22. The van der Waals surface area contributed by atoms with Crippen LogP contribution in [-0.2, 0) is 0 Å². The number of hydrogen-bond donors (Lipinski definition) is 0. The van der Waals surface area contributed by atoms with Crippen molar-refractivity contribution in [3.05, 3.63) is 64.6 Å². The minimum Gasteiger partial charge on any atom is -0.304 e. The molecule has 0 aliphatic heterocycles. The molecule has 2 aromatic heterocycles. The van der Waals surface area contributed by atoms with Gasteiger partial charge in [0, 0.05) is 23.6 Å². The zero-order chi connectivity index (χ0) is 14.1. The molecule has 0 amide bonds. The Balaban J connectivity index is 2.48. The molecule has 100 valence electrons. The van der Waals surface area contributed by atoms with Crippen molar-refractivity contribution < 1.29 is 0 Å². The molecule has 0 bridgehead atoms. The van der Waals surface area contributed by atoms with Crippen LogP contribution >= 0.6 is 11.8 Å². The molecule has 0 aliphatic rings. The highest BCUT2D eigenvalue weighted by Gasteiger charge is 2.10. The standard InChI is InChI=1S/C16H14N2OS/c1-11-8-14-13(10-17-11)15(19)9-16(20-2)18(14)12-6-4-3-5-7-12/h3-10H,1-2H3. The van der Waals surface area contributed by atoms with Gasteiger partial charge in [0.1, 0.15) is 0 Å². The van der Waals surface area contributed by atoms with Crippen LogP contribution in [0.25, 0.3) is 16.6 Å². The number of thioether (sulfide) groups is 1. The number of aryl methyl sites for hydroxylation is 1. The van der Waals surface area contributed by atoms with E-state index in [4.69, 9.17) is 0 Å². The zero-order valence-corrected chi connectivity index (χ0v) is 12.1. The molecular formula is C16H14N2OS. The molecule has 3 nitrogen and oxygen atoms in total. The Kier molecular flexibility index (Phi) is 3.32. The van der Waals surface area contributed by atoms with Crippen LogP contribution in [0.4, 0.5) is 0 Å². The molecule has 0 saturated heterocycles. The summed E-state index contributed by atoms with van der Waals surface area (Å²) in [5, 5.41) is 1.58. The minimum atomic E-state index is 0.0176. The van der Waals surface area contributed by atoms with Gasteiger partial charge in [-0.3, -0.25) is 9.78 Å². The Bertz CT molecular complexity index is 825. The summed E-state index contributed by atoms with van der Waals surface area (Å²) in [7, 11) is 0. The highest BCUT2D eigenvalue weighted by Crippen LogP contribution is 2.24. The number of aromatic nitrogens is 2. The van der Waals surface area contributed by atoms with Crippen LogP contribution in [-0.4, -0.2) is 15.8 Å². The third-order valence-corrected chi connectivity index (χ3v) is 3.94. The van der Waals surface area contributed by atoms with Gasteiger partial charge >= 0.3 is 0 Å². The van der Waals surface area contributed by atoms with Crippen molar-refractivity contribution in [2.75, 3.05) is 6.26 Å². The predicted molar refractivity (Wildman–Crippen MR) is 83.9 cm³/mol. The van der Waals surface area contributed by atoms with Gasteiger partial charge in [-0.05, 0) is 31.4 Å². The molecule has 0 spiro atoms. The topological polar surface area (TPSA) is 34.9 Å². The minimum absolute atomic E-state index is 0.0176. The van der Waals surface area contributed by atoms with E-state index in [0.717, 1.165) is 21.9 Å². The lowest BCUT2D eigenvalue weighted by atomic mass is 10.2. The second-order valence-corrected chi connectivity index (χ2v) is 5.39. The molecule has 0 radical (unpaired) electrons. The zero-order valence-electron chi connectivity index (χ0n) is 11.3. The van der Waals surface area contributed by atoms with Crippen molar-refractivity contribution in [3.63, 3.8) is 0 Å². The van der Waals surface area contributed by atoms with Gasteiger partial charge in [0.25, 0.3) is 0 Å². The van der Waals surface area contributed by atoms with E-state index in [0.29, 0.717) is 5.39 Å². The lowest BCUT2D eigenvalue weighted by molar-refractivity contribution is 0.957. The van der Waals surface area contributed by atoms with Crippen molar-refractivity contribution >= 4 is 22.7 Å². The maximum atomic E-state index is 12.2. The Hall–Kier alpha value is -2.07. The molecule has 0 N–H and O–H groups in total. The molecule has 4 heteroatoms. The predicted octanol–water partition coefficient (Wildman–Crippen LogP) is 3.42. The first-order chi connectivity index (χ1) is 9.70. The number of fused-ring (bicyclic) bond motifs is 1. The highest BCUT2D eigenvalue weighted by molar-refractivity contribution is 7.98. The molecule has 3 aromatic rings. The summed E-state index contributed by atoms with van der Waals surface area (Å²) >= 11 is 1.57. The van der Waals surface area contributed by atoms with Crippen LogP contribution in [0.2, 0.25) is 0 Å². The average molecular weight is 282 g/mol. The first-order valence-corrected chi connectivity index (χ1v) is 7.55. The molecule has 2 heterocycles. The first-order valence-electron chi connectivity index (χ1n) is 6.32. The summed E-state index contributed by atoms with van der Waals surface area (Å²) in [6, 6.07) is 13.7. The van der Waals surface area contributed by atoms with Crippen LogP contribution in [0.1, 0.15) is 5.69 Å². The van der Waals surface area contributed by atoms with Gasteiger partial charge in [-0.15, -0.1) is 11.8 Å². The molecule has 3 rings (SSSR count). The van der Waals surface area contributed by atoms with Crippen molar-refractivity contribution in [1.82, 2.24) is 9.55 Å². The van der Waals surface area contributed by atoms with Crippen molar-refractivity contribution in [1.29, 1.82) is 0 Å². The molecular weight excluding hydrogens is 268 g/mol. The quantitative estimate of drug-likeness (QED) is 0.676. The van der Waals surface area contributed by atoms with E-state index in [1.165, 1.54) is 0 Å². The van der Waals surface area contributed by atoms with Crippen LogP contribution in [0.15, 0.2) is 58.5 Å². The maximum absolute atomic E-state index is 12.2. The largest absolute Gasteiger partial charge is 0.304 e. The van der Waals surface area contributed by atoms with E-state index in [1.54, 1.807) is 24.0 Å². The Morgan fingerprint density at radius 3 is 2.60 bits per heavy atom. The average Bonchev–Trinajstić information content (AvgIpc) is 2.47. The normalized spacial score (nSPS) is 10.9. The fourth-order valence-corrected chi connectivity index (χ4v) is 2.90. The van der Waals surface area contributed by atoms with Crippen LogP contribution in [0, 0.1) is 6.92 Å². The molecule has 0 fully saturated rings. The van der Waals surface area contributed by atoms with Crippen LogP contribution in [0.3, 0.4) is 0 Å². The summed E-state index contributed by atoms with van der Waals surface area (Å²) in [5.74, 6) is 0. The van der Waals surface area contributed by atoms with Crippen LogP contribution < -0.4 is 5.43 Å². The number of pyridine rings is 2. The summed E-state index contributed by atoms with van der Waals surface area (Å²) in [6.07, 6.45) is 3.64. The highest BCUT2D eigenvalue weighted by atomic mass is 32.2. The maximum Gasteiger partial charge on any atom is 0.192 e. The summed E-state index contributed by atoms with van der Waals surface area (Å²) in [4.78, 5) is 16.4. The number of hydrogen-bond acceptors (Lipinski definition) is 3. The van der Waals surface area contributed by atoms with Gasteiger partial charge < -0.3 is 4.57 Å². The van der Waals surface area contributed by atoms with Gasteiger partial charge in [0.05, 0.1) is 15.9 Å². The second-order valence-electron chi connectivity index (χ2n) is 4.56. The summed E-state index contributed by atoms with van der Waals surface area (Å²) in [5.41, 5.74) is 2.87. The van der Waals surface area contributed by atoms with Gasteiger partial charge in [-0.2, -0.15) is 0 Å². The lowest BCUT2D eigenvalue weighted by Crippen LogP contribution is -2.10. The fraction of sp³-hybridized carbons (Fsp3) is 0.125. The fourth-order valence-electron chi connectivity index (χ4n) is 2.29. The van der Waals surface area contributed by atoms with Crippen LogP contribution in [0.5, 0.6) is 0 Å². The molecule has 0 unspecified atom stereocenters. The Morgan fingerprint density at radius 1 is 1.15 bits per heavy atom. The molecule has 1 aromatic carbocycles. The number of para-hydroxylation sites is 1. The summed E-state index contributed by atoms with van der Waals surface area (Å²) < 4.78 is 2.11. The second kappa shape index (κ2) is 5.13.